The number of carbonyl (C=O) groups is 1. The summed E-state index contributed by atoms with van der Waals surface area (Å²) in [5.41, 5.74) is 0. The van der Waals surface area contributed by atoms with E-state index >= 15 is 0 Å². The molecule has 14 heavy (non-hydrogen) atoms. The van der Waals surface area contributed by atoms with Gasteiger partial charge in [0.1, 0.15) is 0 Å². The molecule has 0 heterocycles. The fourth-order valence-electron chi connectivity index (χ4n) is 1.13. The van der Waals surface area contributed by atoms with Gasteiger partial charge in [-0.3, -0.25) is 4.79 Å². The Bertz CT molecular complexity index is 165. The van der Waals surface area contributed by atoms with E-state index in [0.717, 1.165) is 12.5 Å². The Morgan fingerprint density at radius 1 is 1.36 bits per heavy atom. The van der Waals surface area contributed by atoms with Gasteiger partial charge in [0.15, 0.2) is 5.78 Å². The number of carbonyl (C=O) groups excluding carboxylic acids is 1. The number of ketones is 1. The number of allylic oxidation sites excluding steroid dienone is 1. The van der Waals surface area contributed by atoms with Crippen molar-refractivity contribution in [3.63, 3.8) is 0 Å². The van der Waals surface area contributed by atoms with Crippen molar-refractivity contribution in [1.82, 2.24) is 0 Å². The van der Waals surface area contributed by atoms with Crippen LogP contribution in [0.15, 0.2) is 12.7 Å². The number of hydrogen-bond acceptors (Lipinski definition) is 3. The highest BCUT2D eigenvalue weighted by molar-refractivity contribution is 6.44. The topological polar surface area (TPSA) is 35.5 Å². The molecule has 0 unspecified atom stereocenters. The monoisotopic (exact) mass is 216 g/mol. The molecule has 0 bridgehead atoms. The van der Waals surface area contributed by atoms with Gasteiger partial charge in [0.2, 0.25) is 0 Å². The molecule has 0 atom stereocenters. The minimum Gasteiger partial charge on any atom is -0.397 e. The van der Waals surface area contributed by atoms with Crippen LogP contribution in [-0.2, 0) is 13.6 Å². The van der Waals surface area contributed by atoms with Crippen LogP contribution in [0.2, 0.25) is 6.04 Å². The summed E-state index contributed by atoms with van der Waals surface area (Å²) in [6.07, 6.45) is 2.78. The Balaban J connectivity index is 3.58. The summed E-state index contributed by atoms with van der Waals surface area (Å²) in [6, 6.07) is 0.904. The molecule has 0 rings (SSSR count). The molecule has 82 valence electrons. The van der Waals surface area contributed by atoms with Crippen molar-refractivity contribution in [1.29, 1.82) is 0 Å². The standard InChI is InChI=1S/C10H20O3Si/c1-4-10(11)8-7-9-14(12-5-2)13-6-3/h4,14H,1,5-9H2,2-3H3. The molecular weight excluding hydrogens is 196 g/mol. The predicted molar refractivity (Wildman–Crippen MR) is 59.6 cm³/mol. The molecule has 0 N–H and O–H groups in total. The SMILES string of the molecule is C=CC(=O)CCC[SiH](OCC)OCC. The van der Waals surface area contributed by atoms with Crippen LogP contribution in [-0.4, -0.2) is 28.3 Å². The molecule has 0 spiro atoms. The molecule has 0 aliphatic heterocycles. The molecule has 0 radical (unpaired) electrons. The molecule has 0 aliphatic rings. The van der Waals surface area contributed by atoms with E-state index in [1.807, 2.05) is 13.8 Å². The quantitative estimate of drug-likeness (QED) is 0.435. The lowest BCUT2D eigenvalue weighted by molar-refractivity contribution is -0.114. The molecule has 0 aliphatic carbocycles. The number of rotatable bonds is 9. The summed E-state index contributed by atoms with van der Waals surface area (Å²) >= 11 is 0. The van der Waals surface area contributed by atoms with Gasteiger partial charge < -0.3 is 8.85 Å². The third kappa shape index (κ3) is 7.00. The van der Waals surface area contributed by atoms with Crippen molar-refractivity contribution in [2.45, 2.75) is 32.7 Å². The maximum Gasteiger partial charge on any atom is 0.321 e. The third-order valence-corrected chi connectivity index (χ3v) is 4.09. The third-order valence-electron chi connectivity index (χ3n) is 1.80. The first-order valence-corrected chi connectivity index (χ1v) is 6.89. The second-order valence-corrected chi connectivity index (χ2v) is 5.01. The van der Waals surface area contributed by atoms with Gasteiger partial charge in [-0.25, -0.2) is 0 Å². The van der Waals surface area contributed by atoms with Crippen LogP contribution < -0.4 is 0 Å². The Morgan fingerprint density at radius 2 is 1.93 bits per heavy atom. The largest absolute Gasteiger partial charge is 0.397 e. The van der Waals surface area contributed by atoms with E-state index in [2.05, 4.69) is 6.58 Å². The Morgan fingerprint density at radius 3 is 2.36 bits per heavy atom. The molecule has 0 saturated heterocycles. The van der Waals surface area contributed by atoms with Crippen molar-refractivity contribution in [3.05, 3.63) is 12.7 Å². The summed E-state index contributed by atoms with van der Waals surface area (Å²) in [5, 5.41) is 0. The first-order chi connectivity index (χ1) is 6.74. The van der Waals surface area contributed by atoms with Crippen molar-refractivity contribution in [2.75, 3.05) is 13.2 Å². The van der Waals surface area contributed by atoms with Gasteiger partial charge >= 0.3 is 9.28 Å². The van der Waals surface area contributed by atoms with Crippen LogP contribution in [0.5, 0.6) is 0 Å². The number of hydrogen-bond donors (Lipinski definition) is 0. The van der Waals surface area contributed by atoms with E-state index in [-0.39, 0.29) is 5.78 Å². The second-order valence-electron chi connectivity index (χ2n) is 2.90. The van der Waals surface area contributed by atoms with Gasteiger partial charge in [0, 0.05) is 19.6 Å². The van der Waals surface area contributed by atoms with Crippen LogP contribution in [0.4, 0.5) is 0 Å². The first-order valence-electron chi connectivity index (χ1n) is 5.13. The van der Waals surface area contributed by atoms with Gasteiger partial charge in [-0.05, 0) is 32.4 Å². The lowest BCUT2D eigenvalue weighted by Gasteiger charge is -2.13. The molecule has 0 fully saturated rings. The summed E-state index contributed by atoms with van der Waals surface area (Å²) in [7, 11) is -1.49. The van der Waals surface area contributed by atoms with Crippen LogP contribution >= 0.6 is 0 Å². The first kappa shape index (κ1) is 13.5. The summed E-state index contributed by atoms with van der Waals surface area (Å²) in [4.78, 5) is 10.9. The fraction of sp³-hybridized carbons (Fsp3) is 0.700. The van der Waals surface area contributed by atoms with E-state index in [1.165, 1.54) is 6.08 Å². The highest BCUT2D eigenvalue weighted by Gasteiger charge is 2.11. The van der Waals surface area contributed by atoms with Gasteiger partial charge in [-0.2, -0.15) is 0 Å². The molecule has 0 aromatic carbocycles. The molecule has 0 amide bonds. The normalized spacial score (nSPS) is 10.5. The lowest BCUT2D eigenvalue weighted by atomic mass is 10.2. The molecule has 4 heteroatoms. The zero-order valence-electron chi connectivity index (χ0n) is 9.12. The maximum atomic E-state index is 10.9. The highest BCUT2D eigenvalue weighted by Crippen LogP contribution is 2.05. The Kier molecular flexibility index (Phi) is 8.82. The Labute approximate surface area is 87.9 Å². The second kappa shape index (κ2) is 9.12. The van der Waals surface area contributed by atoms with Crippen molar-refractivity contribution < 1.29 is 13.6 Å². The average molecular weight is 216 g/mol. The van der Waals surface area contributed by atoms with Crippen LogP contribution in [0.3, 0.4) is 0 Å². The zero-order valence-corrected chi connectivity index (χ0v) is 10.3. The predicted octanol–water partition coefficient (Wildman–Crippen LogP) is 1.82. The van der Waals surface area contributed by atoms with E-state index < -0.39 is 9.28 Å². The molecule has 3 nitrogen and oxygen atoms in total. The van der Waals surface area contributed by atoms with E-state index in [1.54, 1.807) is 0 Å². The zero-order chi connectivity index (χ0) is 10.8. The van der Waals surface area contributed by atoms with Gasteiger partial charge in [0.05, 0.1) is 0 Å². The Hall–Kier alpha value is -0.453. The van der Waals surface area contributed by atoms with Gasteiger partial charge in [-0.15, -0.1) is 0 Å². The molecule has 0 aromatic heterocycles. The molecular formula is C10H20O3Si. The smallest absolute Gasteiger partial charge is 0.321 e. The van der Waals surface area contributed by atoms with Crippen LogP contribution in [0.25, 0.3) is 0 Å². The molecule has 0 aromatic rings. The average Bonchev–Trinajstić information content (AvgIpc) is 2.18. The minimum absolute atomic E-state index is 0.103. The molecule has 0 saturated carbocycles. The summed E-state index contributed by atoms with van der Waals surface area (Å²) < 4.78 is 11.0. The van der Waals surface area contributed by atoms with Crippen molar-refractivity contribution in [3.8, 4) is 0 Å². The maximum absolute atomic E-state index is 10.9. The summed E-state index contributed by atoms with van der Waals surface area (Å²) in [6.45, 7) is 8.76. The fourth-order valence-corrected chi connectivity index (χ4v) is 2.84. The van der Waals surface area contributed by atoms with Crippen molar-refractivity contribution >= 4 is 15.1 Å². The van der Waals surface area contributed by atoms with E-state index in [9.17, 15) is 4.79 Å². The van der Waals surface area contributed by atoms with Crippen LogP contribution in [0.1, 0.15) is 26.7 Å². The van der Waals surface area contributed by atoms with Gasteiger partial charge in [0.25, 0.3) is 0 Å². The van der Waals surface area contributed by atoms with Crippen LogP contribution in [0, 0.1) is 0 Å². The lowest BCUT2D eigenvalue weighted by Crippen LogP contribution is -2.22. The van der Waals surface area contributed by atoms with E-state index in [4.69, 9.17) is 8.85 Å². The van der Waals surface area contributed by atoms with Gasteiger partial charge in [-0.1, -0.05) is 6.58 Å². The summed E-state index contributed by atoms with van der Waals surface area (Å²) in [5.74, 6) is 0.103. The van der Waals surface area contributed by atoms with E-state index in [0.29, 0.717) is 19.6 Å². The minimum atomic E-state index is -1.49. The van der Waals surface area contributed by atoms with Crippen molar-refractivity contribution in [2.24, 2.45) is 0 Å². The highest BCUT2D eigenvalue weighted by atomic mass is 28.3.